The highest BCUT2D eigenvalue weighted by Gasteiger charge is 2.35. The zero-order chi connectivity index (χ0) is 18.1. The smallest absolute Gasteiger partial charge is 0.275 e. The van der Waals surface area contributed by atoms with Gasteiger partial charge in [-0.1, -0.05) is 42.0 Å². The molecule has 4 nitrogen and oxygen atoms in total. The molecule has 0 radical (unpaired) electrons. The van der Waals surface area contributed by atoms with E-state index < -0.39 is 0 Å². The summed E-state index contributed by atoms with van der Waals surface area (Å²) >= 11 is 3.46. The van der Waals surface area contributed by atoms with Gasteiger partial charge in [0.15, 0.2) is 0 Å². The summed E-state index contributed by atoms with van der Waals surface area (Å²) in [4.78, 5) is 13.2. The number of hydrazone groups is 1. The number of amides is 1. The third kappa shape index (κ3) is 3.10. The Morgan fingerprint density at radius 1 is 1.12 bits per heavy atom. The fourth-order valence-electron chi connectivity index (χ4n) is 3.08. The average molecular weight is 409 g/mol. The number of carbonyl (C=O) groups excluding carboxylic acids is 1. The lowest BCUT2D eigenvalue weighted by Crippen LogP contribution is -2.27. The Balaban J connectivity index is 1.73. The van der Waals surface area contributed by atoms with E-state index >= 15 is 0 Å². The third-order valence-electron chi connectivity index (χ3n) is 4.48. The molecule has 3 aromatic rings. The van der Waals surface area contributed by atoms with Gasteiger partial charge in [-0.15, -0.1) is 0 Å². The highest BCUT2D eigenvalue weighted by atomic mass is 79.9. The molecule has 1 aromatic heterocycles. The molecule has 1 atom stereocenters. The Morgan fingerprint density at radius 3 is 2.58 bits per heavy atom. The van der Waals surface area contributed by atoms with Crippen LogP contribution in [0.5, 0.6) is 0 Å². The van der Waals surface area contributed by atoms with E-state index in [9.17, 15) is 4.79 Å². The Labute approximate surface area is 160 Å². The zero-order valence-electron chi connectivity index (χ0n) is 14.2. The summed E-state index contributed by atoms with van der Waals surface area (Å²) in [7, 11) is 0. The summed E-state index contributed by atoms with van der Waals surface area (Å²) in [6.45, 7) is 2.05. The van der Waals surface area contributed by atoms with Crippen LogP contribution in [0, 0.1) is 6.92 Å². The van der Waals surface area contributed by atoms with Gasteiger partial charge in [-0.3, -0.25) is 4.79 Å². The molecule has 1 amide bonds. The molecule has 4 rings (SSSR count). The molecule has 2 aromatic carbocycles. The second-order valence-corrected chi connectivity index (χ2v) is 7.13. The largest absolute Gasteiger partial charge is 0.467 e. The molecular formula is C21H17BrN2O2. The topological polar surface area (TPSA) is 45.8 Å². The molecule has 0 N–H and O–H groups in total. The fraction of sp³-hybridized carbons (Fsp3) is 0.143. The maximum Gasteiger partial charge on any atom is 0.275 e. The standard InChI is InChI=1S/C21H17BrN2O2/c1-14-8-10-15(11-9-14)18-13-19(20-7-4-12-26-20)24(23-18)21(25)16-5-2-3-6-17(16)22/h2-12,19H,13H2,1H3/t19-/m0/s1. The van der Waals surface area contributed by atoms with Gasteiger partial charge >= 0.3 is 0 Å². The molecule has 2 heterocycles. The zero-order valence-corrected chi connectivity index (χ0v) is 15.8. The minimum atomic E-state index is -0.249. The first-order chi connectivity index (χ1) is 12.6. The number of carbonyl (C=O) groups is 1. The molecule has 0 spiro atoms. The molecule has 0 saturated carbocycles. The Kier molecular flexibility index (Phi) is 4.47. The monoisotopic (exact) mass is 408 g/mol. The van der Waals surface area contributed by atoms with E-state index in [1.807, 2.05) is 42.5 Å². The quantitative estimate of drug-likeness (QED) is 0.586. The SMILES string of the molecule is Cc1ccc(C2=NN(C(=O)c3ccccc3Br)[C@H](c3ccco3)C2)cc1. The number of hydrogen-bond donors (Lipinski definition) is 0. The molecule has 0 saturated heterocycles. The van der Waals surface area contributed by atoms with Crippen LogP contribution in [-0.4, -0.2) is 16.6 Å². The van der Waals surface area contributed by atoms with Gasteiger partial charge in [-0.05, 0) is 52.7 Å². The van der Waals surface area contributed by atoms with Gasteiger partial charge in [-0.25, -0.2) is 5.01 Å². The van der Waals surface area contributed by atoms with E-state index in [0.29, 0.717) is 12.0 Å². The van der Waals surface area contributed by atoms with Crippen molar-refractivity contribution >= 4 is 27.5 Å². The maximum absolute atomic E-state index is 13.2. The predicted octanol–water partition coefficient (Wildman–Crippen LogP) is 5.34. The lowest BCUT2D eigenvalue weighted by Gasteiger charge is -2.20. The van der Waals surface area contributed by atoms with Gasteiger partial charge in [0.2, 0.25) is 0 Å². The number of halogens is 1. The van der Waals surface area contributed by atoms with E-state index in [1.165, 1.54) is 10.6 Å². The van der Waals surface area contributed by atoms with Gasteiger partial charge in [0.1, 0.15) is 11.8 Å². The first-order valence-electron chi connectivity index (χ1n) is 8.39. The van der Waals surface area contributed by atoms with Crippen molar-refractivity contribution in [2.24, 2.45) is 5.10 Å². The van der Waals surface area contributed by atoms with Crippen LogP contribution in [0.25, 0.3) is 0 Å². The molecule has 0 fully saturated rings. The second-order valence-electron chi connectivity index (χ2n) is 6.28. The molecule has 26 heavy (non-hydrogen) atoms. The van der Waals surface area contributed by atoms with Gasteiger partial charge in [0.25, 0.3) is 5.91 Å². The van der Waals surface area contributed by atoms with E-state index in [0.717, 1.165) is 21.5 Å². The van der Waals surface area contributed by atoms with Gasteiger partial charge < -0.3 is 4.42 Å². The van der Waals surface area contributed by atoms with Crippen molar-refractivity contribution in [3.8, 4) is 0 Å². The lowest BCUT2D eigenvalue weighted by molar-refractivity contribution is 0.0692. The normalized spacial score (nSPS) is 16.6. The number of hydrogen-bond acceptors (Lipinski definition) is 3. The number of aryl methyl sites for hydroxylation is 1. The Hall–Kier alpha value is -2.66. The van der Waals surface area contributed by atoms with Gasteiger partial charge in [0.05, 0.1) is 17.5 Å². The summed E-state index contributed by atoms with van der Waals surface area (Å²) in [6, 6.07) is 19.0. The van der Waals surface area contributed by atoms with Crippen LogP contribution in [0.15, 0.2) is 80.9 Å². The molecule has 5 heteroatoms. The summed E-state index contributed by atoms with van der Waals surface area (Å²) in [6.07, 6.45) is 2.24. The molecule has 1 aliphatic rings. The molecule has 0 aliphatic carbocycles. The van der Waals surface area contributed by atoms with Crippen molar-refractivity contribution in [3.05, 3.63) is 93.9 Å². The maximum atomic E-state index is 13.2. The van der Waals surface area contributed by atoms with Crippen LogP contribution in [0.1, 0.15) is 39.7 Å². The molecule has 130 valence electrons. The first-order valence-corrected chi connectivity index (χ1v) is 9.19. The summed E-state index contributed by atoms with van der Waals surface area (Å²) in [5, 5.41) is 6.20. The summed E-state index contributed by atoms with van der Waals surface area (Å²) in [5.74, 6) is 0.581. The second kappa shape index (κ2) is 6.92. The van der Waals surface area contributed by atoms with E-state index in [4.69, 9.17) is 4.42 Å². The number of benzene rings is 2. The van der Waals surface area contributed by atoms with Crippen molar-refractivity contribution in [1.82, 2.24) is 5.01 Å². The molecule has 0 bridgehead atoms. The van der Waals surface area contributed by atoms with E-state index in [1.54, 1.807) is 12.3 Å². The van der Waals surface area contributed by atoms with Crippen LogP contribution in [0.3, 0.4) is 0 Å². The van der Waals surface area contributed by atoms with Crippen molar-refractivity contribution < 1.29 is 9.21 Å². The highest BCUT2D eigenvalue weighted by Crippen LogP contribution is 2.35. The highest BCUT2D eigenvalue weighted by molar-refractivity contribution is 9.10. The lowest BCUT2D eigenvalue weighted by atomic mass is 10.0. The third-order valence-corrected chi connectivity index (χ3v) is 5.17. The van der Waals surface area contributed by atoms with Crippen LogP contribution in [0.4, 0.5) is 0 Å². The average Bonchev–Trinajstić information content (AvgIpc) is 3.32. The number of rotatable bonds is 3. The van der Waals surface area contributed by atoms with Crippen molar-refractivity contribution in [1.29, 1.82) is 0 Å². The molecule has 0 unspecified atom stereocenters. The predicted molar refractivity (Wildman–Crippen MR) is 104 cm³/mol. The van der Waals surface area contributed by atoms with Crippen LogP contribution in [0.2, 0.25) is 0 Å². The number of nitrogens with zero attached hydrogens (tertiary/aromatic N) is 2. The van der Waals surface area contributed by atoms with Crippen LogP contribution < -0.4 is 0 Å². The van der Waals surface area contributed by atoms with Gasteiger partial charge in [-0.2, -0.15) is 5.10 Å². The van der Waals surface area contributed by atoms with Crippen molar-refractivity contribution in [2.45, 2.75) is 19.4 Å². The summed E-state index contributed by atoms with van der Waals surface area (Å²) in [5.41, 5.74) is 3.68. The van der Waals surface area contributed by atoms with Crippen LogP contribution >= 0.6 is 15.9 Å². The minimum Gasteiger partial charge on any atom is -0.467 e. The Bertz CT molecular complexity index is 962. The molecular weight excluding hydrogens is 392 g/mol. The first kappa shape index (κ1) is 16.8. The summed E-state index contributed by atoms with van der Waals surface area (Å²) < 4.78 is 6.34. The Morgan fingerprint density at radius 2 is 1.88 bits per heavy atom. The molecule has 1 aliphatic heterocycles. The number of furan rings is 1. The van der Waals surface area contributed by atoms with E-state index in [-0.39, 0.29) is 11.9 Å². The van der Waals surface area contributed by atoms with E-state index in [2.05, 4.69) is 40.1 Å². The fourth-order valence-corrected chi connectivity index (χ4v) is 3.53. The van der Waals surface area contributed by atoms with Gasteiger partial charge in [0, 0.05) is 10.9 Å². The van der Waals surface area contributed by atoms with Crippen LogP contribution in [-0.2, 0) is 0 Å². The van der Waals surface area contributed by atoms with Crippen molar-refractivity contribution in [2.75, 3.05) is 0 Å². The minimum absolute atomic E-state index is 0.152. The van der Waals surface area contributed by atoms with Crippen molar-refractivity contribution in [3.63, 3.8) is 0 Å².